The number of piperidine rings is 1. The summed E-state index contributed by atoms with van der Waals surface area (Å²) < 4.78 is 4.95. The van der Waals surface area contributed by atoms with Gasteiger partial charge in [-0.1, -0.05) is 25.7 Å². The van der Waals surface area contributed by atoms with Crippen molar-refractivity contribution in [3.8, 4) is 0 Å². The highest BCUT2D eigenvalue weighted by molar-refractivity contribution is 14.0. The van der Waals surface area contributed by atoms with Gasteiger partial charge < -0.3 is 20.7 Å². The van der Waals surface area contributed by atoms with E-state index in [1.165, 1.54) is 64.5 Å². The molecule has 0 aromatic rings. The lowest BCUT2D eigenvalue weighted by Gasteiger charge is -2.48. The number of halogens is 1. The van der Waals surface area contributed by atoms with Crippen LogP contribution < -0.4 is 16.0 Å². The molecule has 0 radical (unpaired) electrons. The lowest BCUT2D eigenvalue weighted by atomic mass is 9.79. The molecule has 1 aliphatic heterocycles. The summed E-state index contributed by atoms with van der Waals surface area (Å²) in [5, 5.41) is 9.64. The Kier molecular flexibility index (Phi) is 13.1. The molecule has 1 amide bonds. The quantitative estimate of drug-likeness (QED) is 0.192. The predicted molar refractivity (Wildman–Crippen MR) is 126 cm³/mol. The zero-order chi connectivity index (χ0) is 19.4. The third kappa shape index (κ3) is 8.41. The van der Waals surface area contributed by atoms with Gasteiger partial charge in [0.25, 0.3) is 0 Å². The van der Waals surface area contributed by atoms with Crippen LogP contribution >= 0.6 is 24.0 Å². The lowest BCUT2D eigenvalue weighted by molar-refractivity contribution is -0.119. The number of hydrogen-bond donors (Lipinski definition) is 3. The summed E-state index contributed by atoms with van der Waals surface area (Å²) in [5.74, 6) is 0.661. The summed E-state index contributed by atoms with van der Waals surface area (Å²) in [6, 6.07) is 0. The number of rotatable bonds is 9. The van der Waals surface area contributed by atoms with E-state index in [9.17, 15) is 4.79 Å². The first-order valence-electron chi connectivity index (χ1n) is 10.7. The maximum Gasteiger partial charge on any atom is 0.241 e. The van der Waals surface area contributed by atoms with Gasteiger partial charge in [-0.05, 0) is 45.7 Å². The molecule has 8 heteroatoms. The molecule has 0 aromatic heterocycles. The van der Waals surface area contributed by atoms with Gasteiger partial charge in [-0.2, -0.15) is 0 Å². The highest BCUT2D eigenvalue weighted by Crippen LogP contribution is 2.35. The van der Waals surface area contributed by atoms with Crippen molar-refractivity contribution in [1.82, 2.24) is 20.9 Å². The van der Waals surface area contributed by atoms with Gasteiger partial charge in [0.15, 0.2) is 5.96 Å². The van der Waals surface area contributed by atoms with Crippen molar-refractivity contribution >= 4 is 35.8 Å². The molecule has 1 saturated carbocycles. The first kappa shape index (κ1) is 25.4. The van der Waals surface area contributed by atoms with E-state index in [0.717, 1.165) is 19.0 Å². The minimum absolute atomic E-state index is 0. The molecule has 7 nitrogen and oxygen atoms in total. The van der Waals surface area contributed by atoms with E-state index in [0.29, 0.717) is 13.2 Å². The van der Waals surface area contributed by atoms with Crippen LogP contribution in [0.25, 0.3) is 0 Å². The molecule has 1 aliphatic carbocycles. The summed E-state index contributed by atoms with van der Waals surface area (Å²) in [5.41, 5.74) is 0.246. The largest absolute Gasteiger partial charge is 0.383 e. The molecule has 0 spiro atoms. The molecule has 3 N–H and O–H groups in total. The van der Waals surface area contributed by atoms with E-state index in [1.54, 1.807) is 7.11 Å². The van der Waals surface area contributed by atoms with Gasteiger partial charge in [-0.15, -0.1) is 24.0 Å². The van der Waals surface area contributed by atoms with Crippen molar-refractivity contribution in [3.63, 3.8) is 0 Å². The van der Waals surface area contributed by atoms with Crippen LogP contribution in [-0.4, -0.2) is 75.3 Å². The number of guanidine groups is 1. The molecule has 1 heterocycles. The molecule has 0 bridgehead atoms. The number of methoxy groups -OCH3 is 1. The van der Waals surface area contributed by atoms with Crippen molar-refractivity contribution in [3.05, 3.63) is 0 Å². The van der Waals surface area contributed by atoms with E-state index in [2.05, 4.69) is 32.8 Å². The van der Waals surface area contributed by atoms with Crippen molar-refractivity contribution in [1.29, 1.82) is 0 Å². The first-order valence-corrected chi connectivity index (χ1v) is 10.7. The Morgan fingerprint density at radius 3 is 2.36 bits per heavy atom. The highest BCUT2D eigenvalue weighted by Gasteiger charge is 2.38. The van der Waals surface area contributed by atoms with Crippen molar-refractivity contribution < 1.29 is 9.53 Å². The van der Waals surface area contributed by atoms with Crippen molar-refractivity contribution in [2.45, 2.75) is 63.8 Å². The topological polar surface area (TPSA) is 78.0 Å². The Bertz CT molecular complexity index is 464. The highest BCUT2D eigenvalue weighted by atomic mass is 127. The van der Waals surface area contributed by atoms with E-state index in [1.807, 2.05) is 0 Å². The van der Waals surface area contributed by atoms with E-state index < -0.39 is 0 Å². The van der Waals surface area contributed by atoms with Crippen LogP contribution in [0, 0.1) is 0 Å². The fourth-order valence-corrected chi connectivity index (χ4v) is 4.27. The SMILES string of the molecule is CCNC(=NCC(=O)NCCOC)NCC1(N2CCCCC2)CCCCC1.I. The average molecular weight is 509 g/mol. The number of carbonyl (C=O) groups excluding carboxylic acids is 1. The molecule has 28 heavy (non-hydrogen) atoms. The summed E-state index contributed by atoms with van der Waals surface area (Å²) >= 11 is 0. The van der Waals surface area contributed by atoms with Gasteiger partial charge in [0.05, 0.1) is 6.61 Å². The second kappa shape index (κ2) is 14.4. The minimum atomic E-state index is -0.0762. The summed E-state index contributed by atoms with van der Waals surface area (Å²) in [4.78, 5) is 19.1. The maximum absolute atomic E-state index is 11.9. The Morgan fingerprint density at radius 1 is 1.04 bits per heavy atom. The molecule has 0 aromatic carbocycles. The monoisotopic (exact) mass is 509 g/mol. The number of amides is 1. The Morgan fingerprint density at radius 2 is 1.71 bits per heavy atom. The van der Waals surface area contributed by atoms with Crippen molar-refractivity contribution in [2.75, 3.05) is 53.0 Å². The van der Waals surface area contributed by atoms with E-state index in [-0.39, 0.29) is 42.0 Å². The molecular weight excluding hydrogens is 469 g/mol. The maximum atomic E-state index is 11.9. The molecule has 2 aliphatic rings. The number of hydrogen-bond acceptors (Lipinski definition) is 4. The zero-order valence-corrected chi connectivity index (χ0v) is 20.1. The van der Waals surface area contributed by atoms with Gasteiger partial charge in [-0.25, -0.2) is 4.99 Å². The van der Waals surface area contributed by atoms with Gasteiger partial charge in [-0.3, -0.25) is 9.69 Å². The Hall–Kier alpha value is -0.610. The van der Waals surface area contributed by atoms with Crippen LogP contribution in [0.4, 0.5) is 0 Å². The molecule has 0 unspecified atom stereocenters. The number of ether oxygens (including phenoxy) is 1. The van der Waals surface area contributed by atoms with Crippen LogP contribution in [0.3, 0.4) is 0 Å². The van der Waals surface area contributed by atoms with Crippen LogP contribution in [0.15, 0.2) is 4.99 Å². The molecule has 2 rings (SSSR count). The first-order chi connectivity index (χ1) is 13.2. The number of nitrogens with zero attached hydrogens (tertiary/aromatic N) is 2. The fraction of sp³-hybridized carbons (Fsp3) is 0.900. The number of aliphatic imine (C=N–C) groups is 1. The Balaban J connectivity index is 0.00000392. The smallest absolute Gasteiger partial charge is 0.241 e. The molecule has 164 valence electrons. The molecular formula is C20H40IN5O2. The number of nitrogens with one attached hydrogen (secondary N) is 3. The lowest BCUT2D eigenvalue weighted by Crippen LogP contribution is -2.59. The van der Waals surface area contributed by atoms with E-state index in [4.69, 9.17) is 4.74 Å². The van der Waals surface area contributed by atoms with Gasteiger partial charge in [0.1, 0.15) is 6.54 Å². The van der Waals surface area contributed by atoms with Gasteiger partial charge in [0, 0.05) is 32.3 Å². The van der Waals surface area contributed by atoms with Gasteiger partial charge >= 0.3 is 0 Å². The summed E-state index contributed by atoms with van der Waals surface area (Å²) in [6.07, 6.45) is 10.5. The third-order valence-corrected chi connectivity index (χ3v) is 5.75. The molecule has 2 fully saturated rings. The van der Waals surface area contributed by atoms with Crippen molar-refractivity contribution in [2.24, 2.45) is 4.99 Å². The van der Waals surface area contributed by atoms with Crippen LogP contribution in [0.2, 0.25) is 0 Å². The van der Waals surface area contributed by atoms with E-state index >= 15 is 0 Å². The van der Waals surface area contributed by atoms with Crippen LogP contribution in [0.5, 0.6) is 0 Å². The summed E-state index contributed by atoms with van der Waals surface area (Å²) in [7, 11) is 1.63. The second-order valence-corrected chi connectivity index (χ2v) is 7.72. The summed E-state index contributed by atoms with van der Waals surface area (Å²) in [6.45, 7) is 7.36. The third-order valence-electron chi connectivity index (χ3n) is 5.75. The zero-order valence-electron chi connectivity index (χ0n) is 17.7. The Labute approximate surface area is 187 Å². The normalized spacial score (nSPS) is 20.1. The van der Waals surface area contributed by atoms with Gasteiger partial charge in [0.2, 0.25) is 5.91 Å². The molecule has 0 atom stereocenters. The van der Waals surface area contributed by atoms with Crippen LogP contribution in [-0.2, 0) is 9.53 Å². The molecule has 1 saturated heterocycles. The fourth-order valence-electron chi connectivity index (χ4n) is 4.27. The number of carbonyl (C=O) groups is 1. The van der Waals surface area contributed by atoms with Crippen LogP contribution in [0.1, 0.15) is 58.3 Å². The predicted octanol–water partition coefficient (Wildman–Crippen LogP) is 2.11. The average Bonchev–Trinajstić information content (AvgIpc) is 2.71. The minimum Gasteiger partial charge on any atom is -0.383 e. The number of likely N-dealkylation sites (tertiary alicyclic amines) is 1. The second-order valence-electron chi connectivity index (χ2n) is 7.72. The standard InChI is InChI=1S/C20H39N5O2.HI/c1-3-21-19(23-16-18(26)22-12-15-27-2)24-17-20(10-6-4-7-11-20)25-13-8-5-9-14-25;/h3-17H2,1-2H3,(H,22,26)(H2,21,23,24);1H.